The van der Waals surface area contributed by atoms with Gasteiger partial charge in [0, 0.05) is 12.8 Å². The molecular weight excluding hydrogens is 500 g/mol. The van der Waals surface area contributed by atoms with Gasteiger partial charge < -0.3 is 25.3 Å². The highest BCUT2D eigenvalue weighted by molar-refractivity contribution is 5.85. The zero-order valence-corrected chi connectivity index (χ0v) is 22.6. The molecule has 4 rings (SSSR count). The predicted octanol–water partition coefficient (Wildman–Crippen LogP) is 3.64. The molecule has 0 radical (unpaired) electrons. The van der Waals surface area contributed by atoms with Crippen molar-refractivity contribution in [1.82, 2.24) is 4.90 Å². The van der Waals surface area contributed by atoms with E-state index >= 15 is 0 Å². The molecule has 38 heavy (non-hydrogen) atoms. The van der Waals surface area contributed by atoms with Crippen LogP contribution in [0.2, 0.25) is 0 Å². The molecule has 0 saturated heterocycles. The molecule has 0 bridgehead atoms. The number of hydrogen-bond acceptors (Lipinski definition) is 5. The van der Waals surface area contributed by atoms with Crippen LogP contribution in [-0.4, -0.2) is 74.4 Å². The Hall–Kier alpha value is -1.81. The molecule has 4 saturated carbocycles. The zero-order valence-electron chi connectivity index (χ0n) is 22.6. The molecule has 10 atom stereocenters. The summed E-state index contributed by atoms with van der Waals surface area (Å²) < 4.78 is 29.4. The van der Waals surface area contributed by atoms with Gasteiger partial charge in [0.1, 0.15) is 19.2 Å². The number of halogens is 2. The normalized spacial score (nSPS) is 42.3. The van der Waals surface area contributed by atoms with Gasteiger partial charge in [-0.1, -0.05) is 20.8 Å². The second kappa shape index (κ2) is 10.3. The number of aliphatic hydroxyl groups excluding tert-OH is 2. The van der Waals surface area contributed by atoms with Crippen molar-refractivity contribution in [3.8, 4) is 0 Å². The standard InChI is InChI=1S/C28H43F2NO7/c1-15(4-7-22(34)31(12-23(35)36)13-24(37)38)17-5-6-18-25-19(8-9-26(17,18)2)27(3)14-28(29,30)21(33)11-16(27)10-20(25)32/h15-21,25,32-33H,4-14H2,1-3H3,(H,35,36)(H,37,38)/t15-,16-,17-,18+,19+,20+,21-,25+,26-,27+/m1/s1. The number of fused-ring (bicyclic) bond motifs is 5. The number of aliphatic hydroxyl groups is 2. The second-order valence-corrected chi connectivity index (χ2v) is 13.3. The molecule has 0 spiro atoms. The van der Waals surface area contributed by atoms with E-state index in [1.165, 1.54) is 0 Å². The average molecular weight is 544 g/mol. The smallest absolute Gasteiger partial charge is 0.323 e. The maximum absolute atomic E-state index is 14.7. The number of carbonyl (C=O) groups is 3. The molecular formula is C28H43F2NO7. The highest BCUT2D eigenvalue weighted by Gasteiger charge is 2.66. The Morgan fingerprint density at radius 1 is 0.947 bits per heavy atom. The molecule has 4 fully saturated rings. The fourth-order valence-corrected chi connectivity index (χ4v) is 9.47. The summed E-state index contributed by atoms with van der Waals surface area (Å²) in [5, 5.41) is 39.5. The highest BCUT2D eigenvalue weighted by Crippen LogP contribution is 2.69. The van der Waals surface area contributed by atoms with Crippen LogP contribution in [0.1, 0.15) is 78.6 Å². The first-order chi connectivity index (χ1) is 17.6. The Kier molecular flexibility index (Phi) is 7.91. The molecule has 4 N–H and O–H groups in total. The fourth-order valence-electron chi connectivity index (χ4n) is 9.47. The monoisotopic (exact) mass is 543 g/mol. The van der Waals surface area contributed by atoms with Crippen molar-refractivity contribution < 1.29 is 43.6 Å². The lowest BCUT2D eigenvalue weighted by atomic mass is 9.43. The van der Waals surface area contributed by atoms with Crippen LogP contribution < -0.4 is 0 Å². The molecule has 4 aliphatic carbocycles. The first-order valence-corrected chi connectivity index (χ1v) is 14.1. The molecule has 0 aromatic carbocycles. The van der Waals surface area contributed by atoms with E-state index in [0.717, 1.165) is 30.6 Å². The number of aliphatic carboxylic acids is 2. The molecule has 1 amide bonds. The largest absolute Gasteiger partial charge is 0.480 e. The quantitative estimate of drug-likeness (QED) is 0.367. The van der Waals surface area contributed by atoms with Crippen LogP contribution in [0.4, 0.5) is 8.78 Å². The third-order valence-electron chi connectivity index (χ3n) is 11.3. The number of carbonyl (C=O) groups excluding carboxylic acids is 1. The van der Waals surface area contributed by atoms with Crippen molar-refractivity contribution in [2.75, 3.05) is 13.1 Å². The Morgan fingerprint density at radius 2 is 1.55 bits per heavy atom. The number of alkyl halides is 2. The number of nitrogens with zero attached hydrogens (tertiary/aromatic N) is 1. The zero-order chi connectivity index (χ0) is 28.2. The minimum Gasteiger partial charge on any atom is -0.480 e. The minimum atomic E-state index is -3.12. The van der Waals surface area contributed by atoms with Gasteiger partial charge in [0.15, 0.2) is 0 Å². The van der Waals surface area contributed by atoms with Crippen LogP contribution in [0.15, 0.2) is 0 Å². The molecule has 8 nitrogen and oxygen atoms in total. The number of rotatable bonds is 8. The maximum atomic E-state index is 14.7. The van der Waals surface area contributed by atoms with E-state index in [9.17, 15) is 33.4 Å². The van der Waals surface area contributed by atoms with Gasteiger partial charge in [-0.3, -0.25) is 14.4 Å². The number of carboxylic acids is 2. The summed E-state index contributed by atoms with van der Waals surface area (Å²) in [6.07, 6.45) is 1.86. The fraction of sp³-hybridized carbons (Fsp3) is 0.893. The van der Waals surface area contributed by atoms with Crippen molar-refractivity contribution in [1.29, 1.82) is 0 Å². The van der Waals surface area contributed by atoms with Crippen molar-refractivity contribution >= 4 is 17.8 Å². The summed E-state index contributed by atoms with van der Waals surface area (Å²) in [7, 11) is 0. The van der Waals surface area contributed by atoms with E-state index in [2.05, 4.69) is 13.8 Å². The van der Waals surface area contributed by atoms with Gasteiger partial charge in [0.05, 0.1) is 6.10 Å². The lowest BCUT2D eigenvalue weighted by molar-refractivity contribution is -0.236. The molecule has 0 aliphatic heterocycles. The van der Waals surface area contributed by atoms with E-state index in [1.54, 1.807) is 0 Å². The van der Waals surface area contributed by atoms with E-state index in [-0.39, 0.29) is 60.2 Å². The first kappa shape index (κ1) is 29.2. The van der Waals surface area contributed by atoms with Crippen LogP contribution in [0.3, 0.4) is 0 Å². The van der Waals surface area contributed by atoms with Gasteiger partial charge in [-0.05, 0) is 91.3 Å². The summed E-state index contributed by atoms with van der Waals surface area (Å²) in [6, 6.07) is 0. The molecule has 4 aliphatic rings. The Bertz CT molecular complexity index is 930. The van der Waals surface area contributed by atoms with E-state index < -0.39 is 54.5 Å². The van der Waals surface area contributed by atoms with Gasteiger partial charge in [-0.25, -0.2) is 8.78 Å². The van der Waals surface area contributed by atoms with Crippen molar-refractivity contribution in [3.05, 3.63) is 0 Å². The summed E-state index contributed by atoms with van der Waals surface area (Å²) in [5.41, 5.74) is -0.728. The Labute approximate surface area is 222 Å². The highest BCUT2D eigenvalue weighted by atomic mass is 19.3. The summed E-state index contributed by atoms with van der Waals surface area (Å²) in [4.78, 5) is 35.7. The van der Waals surface area contributed by atoms with Crippen molar-refractivity contribution in [2.24, 2.45) is 46.3 Å². The number of carboxylic acid groups (broad SMARTS) is 2. The topological polar surface area (TPSA) is 135 Å². The van der Waals surface area contributed by atoms with Gasteiger partial charge in [0.2, 0.25) is 5.91 Å². The SMILES string of the molecule is C[C@H](CCC(=O)N(CC(=O)O)CC(=O)O)[C@H]1CC[C@H]2[C@@H]3[C@@H](O)C[C@@H]4C[C@@H](O)C(F)(F)C[C@]4(C)[C@H]3CC[C@]12C. The number of hydrogen-bond donors (Lipinski definition) is 4. The van der Waals surface area contributed by atoms with Crippen molar-refractivity contribution in [2.45, 2.75) is 96.7 Å². The van der Waals surface area contributed by atoms with E-state index in [4.69, 9.17) is 10.2 Å². The van der Waals surface area contributed by atoms with Crippen LogP contribution in [0.5, 0.6) is 0 Å². The lowest BCUT2D eigenvalue weighted by Gasteiger charge is -2.63. The number of amides is 1. The van der Waals surface area contributed by atoms with Crippen LogP contribution in [-0.2, 0) is 14.4 Å². The Morgan fingerprint density at radius 3 is 2.16 bits per heavy atom. The van der Waals surface area contributed by atoms with Crippen LogP contribution in [0, 0.1) is 46.3 Å². The predicted molar refractivity (Wildman–Crippen MR) is 133 cm³/mol. The van der Waals surface area contributed by atoms with Crippen LogP contribution >= 0.6 is 0 Å². The molecule has 0 unspecified atom stereocenters. The third kappa shape index (κ3) is 5.07. The molecule has 10 heteroatoms. The van der Waals surface area contributed by atoms with Crippen LogP contribution in [0.25, 0.3) is 0 Å². The molecule has 0 aromatic rings. The lowest BCUT2D eigenvalue weighted by Crippen LogP contribution is -2.62. The van der Waals surface area contributed by atoms with E-state index in [1.807, 2.05) is 6.92 Å². The van der Waals surface area contributed by atoms with Gasteiger partial charge in [-0.15, -0.1) is 0 Å². The summed E-state index contributed by atoms with van der Waals surface area (Å²) in [6.45, 7) is 4.96. The van der Waals surface area contributed by atoms with Gasteiger partial charge >= 0.3 is 11.9 Å². The average Bonchev–Trinajstić information content (AvgIpc) is 3.15. The minimum absolute atomic E-state index is 0.0241. The van der Waals surface area contributed by atoms with E-state index in [0.29, 0.717) is 12.8 Å². The summed E-state index contributed by atoms with van der Waals surface area (Å²) >= 11 is 0. The molecule has 0 heterocycles. The Balaban J connectivity index is 1.46. The maximum Gasteiger partial charge on any atom is 0.323 e. The third-order valence-corrected chi connectivity index (χ3v) is 11.3. The van der Waals surface area contributed by atoms with Crippen molar-refractivity contribution in [3.63, 3.8) is 0 Å². The van der Waals surface area contributed by atoms with Gasteiger partial charge in [-0.2, -0.15) is 0 Å². The first-order valence-electron chi connectivity index (χ1n) is 14.1. The molecule has 216 valence electrons. The summed E-state index contributed by atoms with van der Waals surface area (Å²) in [5.74, 6) is -5.77. The van der Waals surface area contributed by atoms with Gasteiger partial charge in [0.25, 0.3) is 5.92 Å². The second-order valence-electron chi connectivity index (χ2n) is 13.3. The molecule has 0 aromatic heterocycles.